The molecule has 1 fully saturated rings. The smallest absolute Gasteiger partial charge is 0.254 e. The van der Waals surface area contributed by atoms with E-state index in [4.69, 9.17) is 14.2 Å². The SMILES string of the molecule is CCOc1cc(C(=O)N2CCC(C)CC2)cc(OCC)c1OCC. The van der Waals surface area contributed by atoms with E-state index in [9.17, 15) is 4.79 Å². The van der Waals surface area contributed by atoms with Crippen molar-refractivity contribution < 1.29 is 19.0 Å². The Kier molecular flexibility index (Phi) is 6.76. The summed E-state index contributed by atoms with van der Waals surface area (Å²) in [6, 6.07) is 3.55. The molecule has 2 rings (SSSR count). The van der Waals surface area contributed by atoms with Gasteiger partial charge in [-0.3, -0.25) is 4.79 Å². The molecule has 0 saturated carbocycles. The van der Waals surface area contributed by atoms with Crippen LogP contribution < -0.4 is 14.2 Å². The molecule has 1 amide bonds. The van der Waals surface area contributed by atoms with E-state index in [0.29, 0.717) is 48.6 Å². The minimum absolute atomic E-state index is 0.0341. The van der Waals surface area contributed by atoms with Crippen LogP contribution in [0.3, 0.4) is 0 Å². The molecule has 1 heterocycles. The summed E-state index contributed by atoms with van der Waals surface area (Å²) in [7, 11) is 0. The average molecular weight is 335 g/mol. The number of ether oxygens (including phenoxy) is 3. The third-order valence-electron chi connectivity index (χ3n) is 4.23. The summed E-state index contributed by atoms with van der Waals surface area (Å²) in [4.78, 5) is 14.8. The van der Waals surface area contributed by atoms with E-state index >= 15 is 0 Å². The van der Waals surface area contributed by atoms with E-state index in [1.54, 1.807) is 12.1 Å². The zero-order valence-corrected chi connectivity index (χ0v) is 15.3. The first-order valence-corrected chi connectivity index (χ1v) is 8.96. The van der Waals surface area contributed by atoms with Gasteiger partial charge in [0.2, 0.25) is 5.75 Å². The molecule has 1 aliphatic rings. The highest BCUT2D eigenvalue weighted by atomic mass is 16.5. The van der Waals surface area contributed by atoms with E-state index in [0.717, 1.165) is 25.9 Å². The Morgan fingerprint density at radius 3 is 1.96 bits per heavy atom. The van der Waals surface area contributed by atoms with Gasteiger partial charge in [0.15, 0.2) is 11.5 Å². The maximum Gasteiger partial charge on any atom is 0.254 e. The fourth-order valence-electron chi connectivity index (χ4n) is 2.91. The van der Waals surface area contributed by atoms with Gasteiger partial charge in [-0.2, -0.15) is 0 Å². The molecular formula is C19H29NO4. The van der Waals surface area contributed by atoms with Crippen molar-refractivity contribution in [2.45, 2.75) is 40.5 Å². The van der Waals surface area contributed by atoms with Crippen molar-refractivity contribution in [3.63, 3.8) is 0 Å². The van der Waals surface area contributed by atoms with Gasteiger partial charge >= 0.3 is 0 Å². The van der Waals surface area contributed by atoms with E-state index in [1.807, 2.05) is 25.7 Å². The number of amides is 1. The highest BCUT2D eigenvalue weighted by Gasteiger charge is 2.24. The number of hydrogen-bond acceptors (Lipinski definition) is 4. The lowest BCUT2D eigenvalue weighted by Gasteiger charge is -2.30. The molecule has 0 unspecified atom stereocenters. The zero-order valence-electron chi connectivity index (χ0n) is 15.3. The Bertz CT molecular complexity index is 523. The van der Waals surface area contributed by atoms with E-state index in [1.165, 1.54) is 0 Å². The number of rotatable bonds is 7. The van der Waals surface area contributed by atoms with E-state index < -0.39 is 0 Å². The van der Waals surface area contributed by atoms with Crippen LogP contribution in [-0.4, -0.2) is 43.7 Å². The summed E-state index contributed by atoms with van der Waals surface area (Å²) in [5.74, 6) is 2.43. The van der Waals surface area contributed by atoms with Crippen LogP contribution in [-0.2, 0) is 0 Å². The van der Waals surface area contributed by atoms with Gasteiger partial charge in [0, 0.05) is 18.7 Å². The first-order chi connectivity index (χ1) is 11.6. The normalized spacial score (nSPS) is 15.2. The predicted molar refractivity (Wildman–Crippen MR) is 94.3 cm³/mol. The van der Waals surface area contributed by atoms with Crippen molar-refractivity contribution >= 4 is 5.91 Å². The summed E-state index contributed by atoms with van der Waals surface area (Å²) < 4.78 is 17.1. The molecule has 0 aliphatic carbocycles. The van der Waals surface area contributed by atoms with Gasteiger partial charge in [-0.15, -0.1) is 0 Å². The van der Waals surface area contributed by atoms with Crippen molar-refractivity contribution in [3.05, 3.63) is 17.7 Å². The molecule has 1 aliphatic heterocycles. The largest absolute Gasteiger partial charge is 0.490 e. The van der Waals surface area contributed by atoms with Crippen LogP contribution in [0.2, 0.25) is 0 Å². The third-order valence-corrected chi connectivity index (χ3v) is 4.23. The molecule has 0 bridgehead atoms. The Labute approximate surface area is 144 Å². The quantitative estimate of drug-likeness (QED) is 0.761. The fourth-order valence-corrected chi connectivity index (χ4v) is 2.91. The van der Waals surface area contributed by atoms with Crippen LogP contribution in [0.25, 0.3) is 0 Å². The standard InChI is InChI=1S/C19H29NO4/c1-5-22-16-12-15(13-17(23-6-2)18(16)24-7-3)19(21)20-10-8-14(4)9-11-20/h12-14H,5-11H2,1-4H3. The number of carbonyl (C=O) groups excluding carboxylic acids is 1. The fraction of sp³-hybridized carbons (Fsp3) is 0.632. The molecule has 134 valence electrons. The molecule has 5 nitrogen and oxygen atoms in total. The topological polar surface area (TPSA) is 48.0 Å². The lowest BCUT2D eigenvalue weighted by atomic mass is 9.98. The number of nitrogens with zero attached hydrogens (tertiary/aromatic N) is 1. The van der Waals surface area contributed by atoms with Crippen LogP contribution in [0.1, 0.15) is 50.9 Å². The molecule has 24 heavy (non-hydrogen) atoms. The van der Waals surface area contributed by atoms with Gasteiger partial charge in [0.05, 0.1) is 19.8 Å². The molecule has 1 aromatic rings. The van der Waals surface area contributed by atoms with Gasteiger partial charge in [-0.1, -0.05) is 6.92 Å². The number of piperidine rings is 1. The van der Waals surface area contributed by atoms with Gasteiger partial charge in [0.25, 0.3) is 5.91 Å². The summed E-state index contributed by atoms with van der Waals surface area (Å²) in [5, 5.41) is 0. The van der Waals surface area contributed by atoms with Crippen molar-refractivity contribution in [3.8, 4) is 17.2 Å². The number of carbonyl (C=O) groups is 1. The first kappa shape index (κ1) is 18.4. The second kappa shape index (κ2) is 8.81. The molecule has 5 heteroatoms. The van der Waals surface area contributed by atoms with Crippen molar-refractivity contribution in [2.24, 2.45) is 5.92 Å². The third kappa shape index (κ3) is 4.34. The van der Waals surface area contributed by atoms with E-state index in [-0.39, 0.29) is 5.91 Å². The minimum atomic E-state index is 0.0341. The Morgan fingerprint density at radius 1 is 1.00 bits per heavy atom. The second-order valence-electron chi connectivity index (χ2n) is 6.08. The van der Waals surface area contributed by atoms with Crippen LogP contribution in [0.15, 0.2) is 12.1 Å². The van der Waals surface area contributed by atoms with Crippen molar-refractivity contribution in [2.75, 3.05) is 32.9 Å². The molecule has 1 saturated heterocycles. The summed E-state index contributed by atoms with van der Waals surface area (Å²) in [5.41, 5.74) is 0.597. The molecular weight excluding hydrogens is 306 g/mol. The van der Waals surface area contributed by atoms with Crippen LogP contribution in [0.5, 0.6) is 17.2 Å². The molecule has 0 atom stereocenters. The maximum atomic E-state index is 12.9. The van der Waals surface area contributed by atoms with Crippen LogP contribution >= 0.6 is 0 Å². The Balaban J connectivity index is 2.33. The van der Waals surface area contributed by atoms with Crippen LogP contribution in [0, 0.1) is 5.92 Å². The molecule has 0 radical (unpaired) electrons. The summed E-state index contributed by atoms with van der Waals surface area (Å²) in [6.07, 6.45) is 2.11. The number of hydrogen-bond donors (Lipinski definition) is 0. The van der Waals surface area contributed by atoms with Crippen LogP contribution in [0.4, 0.5) is 0 Å². The second-order valence-corrected chi connectivity index (χ2v) is 6.08. The monoisotopic (exact) mass is 335 g/mol. The minimum Gasteiger partial charge on any atom is -0.490 e. The maximum absolute atomic E-state index is 12.9. The Morgan fingerprint density at radius 2 is 1.50 bits per heavy atom. The first-order valence-electron chi connectivity index (χ1n) is 8.96. The molecule has 0 N–H and O–H groups in total. The van der Waals surface area contributed by atoms with Crippen molar-refractivity contribution in [1.29, 1.82) is 0 Å². The Hall–Kier alpha value is -1.91. The highest BCUT2D eigenvalue weighted by Crippen LogP contribution is 2.39. The average Bonchev–Trinajstić information content (AvgIpc) is 2.58. The van der Waals surface area contributed by atoms with Gasteiger partial charge in [0.1, 0.15) is 0 Å². The van der Waals surface area contributed by atoms with Gasteiger partial charge < -0.3 is 19.1 Å². The van der Waals surface area contributed by atoms with E-state index in [2.05, 4.69) is 6.92 Å². The van der Waals surface area contributed by atoms with Crippen molar-refractivity contribution in [1.82, 2.24) is 4.90 Å². The molecule has 0 spiro atoms. The number of benzene rings is 1. The molecule has 1 aromatic carbocycles. The zero-order chi connectivity index (χ0) is 17.5. The molecule has 0 aromatic heterocycles. The summed E-state index contributed by atoms with van der Waals surface area (Å²) >= 11 is 0. The number of likely N-dealkylation sites (tertiary alicyclic amines) is 1. The summed E-state index contributed by atoms with van der Waals surface area (Å²) in [6.45, 7) is 11.1. The highest BCUT2D eigenvalue weighted by molar-refractivity contribution is 5.95. The van der Waals surface area contributed by atoms with Gasteiger partial charge in [-0.25, -0.2) is 0 Å². The lowest BCUT2D eigenvalue weighted by molar-refractivity contribution is 0.0696. The predicted octanol–water partition coefficient (Wildman–Crippen LogP) is 3.75. The van der Waals surface area contributed by atoms with Gasteiger partial charge in [-0.05, 0) is 51.7 Å². The lowest BCUT2D eigenvalue weighted by Crippen LogP contribution is -2.37.